The second-order valence-corrected chi connectivity index (χ2v) is 27.8. The van der Waals surface area contributed by atoms with Crippen LogP contribution in [-0.4, -0.2) is 150 Å². The number of aromatic hydroxyl groups is 1. The van der Waals surface area contributed by atoms with Gasteiger partial charge in [-0.15, -0.1) is 0 Å². The van der Waals surface area contributed by atoms with E-state index in [0.29, 0.717) is 38.3 Å². The summed E-state index contributed by atoms with van der Waals surface area (Å²) in [4.78, 5) is 118. The summed E-state index contributed by atoms with van der Waals surface area (Å²) in [5, 5.41) is 28.3. The molecule has 5 bridgehead atoms. The number of piperidine rings is 1. The average Bonchev–Trinajstić information content (AvgIpc) is 2.80. The maximum absolute atomic E-state index is 15.0. The summed E-state index contributed by atoms with van der Waals surface area (Å²) in [6.45, 7) is 24.1. The van der Waals surface area contributed by atoms with Gasteiger partial charge in [0.2, 0.25) is 5.78 Å². The van der Waals surface area contributed by atoms with Crippen molar-refractivity contribution in [3.63, 3.8) is 0 Å². The van der Waals surface area contributed by atoms with Gasteiger partial charge in [-0.1, -0.05) is 87.0 Å². The normalized spacial score (nSPS) is 28.7. The first kappa shape index (κ1) is 66.1. The van der Waals surface area contributed by atoms with Crippen molar-refractivity contribution in [2.24, 2.45) is 46.4 Å². The predicted molar refractivity (Wildman–Crippen MR) is 307 cm³/mol. The molecule has 82 heavy (non-hydrogen) atoms. The summed E-state index contributed by atoms with van der Waals surface area (Å²) in [6, 6.07) is 0. The van der Waals surface area contributed by atoms with E-state index < -0.39 is 97.7 Å². The van der Waals surface area contributed by atoms with Gasteiger partial charge in [0.15, 0.2) is 5.40 Å². The molecule has 1 fully saturated rings. The number of ether oxygens (including phenoxy) is 4. The lowest BCUT2D eigenvalue weighted by atomic mass is 9.72. The molecular formula is C58H87N5O17P2. The summed E-state index contributed by atoms with van der Waals surface area (Å²) in [6.07, 6.45) is 7.46. The monoisotopic (exact) mass is 1190 g/mol. The molecule has 456 valence electrons. The summed E-state index contributed by atoms with van der Waals surface area (Å²) >= 11 is 0. The lowest BCUT2D eigenvalue weighted by molar-refractivity contribution is -0.159. The Kier molecular flexibility index (Phi) is 21.7. The van der Waals surface area contributed by atoms with Crippen molar-refractivity contribution < 1.29 is 81.8 Å². The number of esters is 2. The number of hydrogen-bond donors (Lipinski definition) is 8. The summed E-state index contributed by atoms with van der Waals surface area (Å²) in [7, 11) is -10.3. The van der Waals surface area contributed by atoms with Gasteiger partial charge in [-0.2, -0.15) is 0 Å². The minimum atomic E-state index is -5.16. The number of carbonyl (C=O) groups excluding carboxylic acids is 5. The number of phenolic OH excluding ortho intramolecular Hbond substituents is 1. The van der Waals surface area contributed by atoms with Crippen LogP contribution in [-0.2, 0) is 37.7 Å². The van der Waals surface area contributed by atoms with E-state index in [-0.39, 0.29) is 120 Å². The number of nitrogens with zero attached hydrogens (tertiary/aromatic N) is 3. The van der Waals surface area contributed by atoms with Crippen LogP contribution in [0, 0.1) is 48.3 Å². The summed E-state index contributed by atoms with van der Waals surface area (Å²) in [5.74, 6) is -7.21. The fraction of sp³-hybridized carbons (Fsp3) is 0.655. The number of benzene rings is 1. The molecule has 6 aliphatic rings. The van der Waals surface area contributed by atoms with Crippen molar-refractivity contribution >= 4 is 50.3 Å². The maximum atomic E-state index is 15.0. The third-order valence-corrected chi connectivity index (χ3v) is 21.0. The molecule has 1 saturated heterocycles. The second kappa shape index (κ2) is 26.9. The standard InChI is InChI=1S/C58H87N5O17P2/c1-13-17-41(64)77-29-27-62(24-15-14-20-43(81(71,72)73)82(74,75)76)31-42(65)79-53-34(5)18-16-19-35(6)56(70)59-49-48-47(60-58(61-48)22-25-63(26-23-58)30-32(2)3)44-45(52(49)68)51(67)40(11)54-46(44)55(69)57(12,80-54)78-28-21-33(4)36(7)37(8)38(9)50(66)39(53)10/h16,18-19,21,28,32-34,36-39,43,50,53,61,66-67H,13-15,17,20,22-27,29-31H2,1-12H3,(H,59,70)(H2,71,72,73)(H2,74,75,76)/b18-16+,28-21+,35-19-/t33-,34-,36+,37+,38-,39-,50-,53-,57-/m0/s1. The number of carbonyl (C=O) groups is 5. The average molecular weight is 1190 g/mol. The number of rotatable bonds is 17. The number of Topliss-reactive ketones (excluding diaryl/α,β-unsaturated/α-hetero) is 2. The number of aliphatic hydroxyl groups is 1. The van der Waals surface area contributed by atoms with E-state index in [0.717, 1.165) is 6.54 Å². The Balaban J connectivity index is 1.36. The molecule has 7 rings (SSSR count). The lowest BCUT2D eigenvalue weighted by Gasteiger charge is -2.38. The van der Waals surface area contributed by atoms with Gasteiger partial charge in [0.1, 0.15) is 35.6 Å². The van der Waals surface area contributed by atoms with Gasteiger partial charge in [-0.3, -0.25) is 43.0 Å². The van der Waals surface area contributed by atoms with Gasteiger partial charge in [0, 0.05) is 80.9 Å². The molecule has 1 aromatic rings. The number of unbranched alkanes of at least 4 members (excludes halogenated alkanes) is 1. The number of hydrogen-bond acceptors (Lipinski definition) is 17. The van der Waals surface area contributed by atoms with E-state index in [9.17, 15) is 62.9 Å². The molecule has 1 amide bonds. The van der Waals surface area contributed by atoms with E-state index in [1.807, 2.05) is 34.6 Å². The molecule has 22 nitrogen and oxygen atoms in total. The minimum Gasteiger partial charge on any atom is -0.507 e. The molecule has 1 spiro atoms. The Bertz CT molecular complexity index is 2820. The number of likely N-dealkylation sites (tertiary alicyclic amines) is 1. The van der Waals surface area contributed by atoms with Crippen molar-refractivity contribution in [1.82, 2.24) is 20.4 Å². The largest absolute Gasteiger partial charge is 0.507 e. The van der Waals surface area contributed by atoms with Crippen LogP contribution in [0.2, 0.25) is 0 Å². The van der Waals surface area contributed by atoms with Crippen LogP contribution in [0.25, 0.3) is 0 Å². The molecule has 0 aromatic heterocycles. The molecule has 8 N–H and O–H groups in total. The number of phenols is 1. The van der Waals surface area contributed by atoms with Crippen LogP contribution in [0.3, 0.4) is 0 Å². The molecule has 1 aromatic carbocycles. The van der Waals surface area contributed by atoms with E-state index >= 15 is 0 Å². The van der Waals surface area contributed by atoms with Gasteiger partial charge >= 0.3 is 32.9 Å². The molecule has 5 heterocycles. The molecular weight excluding hydrogens is 1100 g/mol. The third-order valence-electron chi connectivity index (χ3n) is 17.1. The fourth-order valence-electron chi connectivity index (χ4n) is 11.6. The Morgan fingerprint density at radius 2 is 1.54 bits per heavy atom. The Morgan fingerprint density at radius 3 is 2.16 bits per heavy atom. The van der Waals surface area contributed by atoms with Crippen molar-refractivity contribution in [2.75, 3.05) is 45.9 Å². The highest BCUT2D eigenvalue weighted by Gasteiger charge is 2.54. The highest BCUT2D eigenvalue weighted by molar-refractivity contribution is 7.70. The van der Waals surface area contributed by atoms with Crippen molar-refractivity contribution in [3.8, 4) is 11.5 Å². The third kappa shape index (κ3) is 15.1. The minimum absolute atomic E-state index is 0.0253. The van der Waals surface area contributed by atoms with Gasteiger partial charge in [-0.05, 0) is 75.3 Å². The second-order valence-electron chi connectivity index (χ2n) is 23.8. The molecule has 5 aliphatic heterocycles. The van der Waals surface area contributed by atoms with E-state index in [1.54, 1.807) is 50.8 Å². The van der Waals surface area contributed by atoms with E-state index in [2.05, 4.69) is 29.4 Å². The summed E-state index contributed by atoms with van der Waals surface area (Å²) < 4.78 is 48.1. The van der Waals surface area contributed by atoms with Crippen LogP contribution in [0.15, 0.2) is 52.5 Å². The van der Waals surface area contributed by atoms with Crippen molar-refractivity contribution in [3.05, 3.63) is 69.8 Å². The quantitative estimate of drug-likeness (QED) is 0.0442. The SMILES string of the molecule is CCCC(=O)OCCN(CCCCC(P(=O)(O)O)P(=O)(O)O)CC(=O)O[C@@H]1[C@@H](C)[C@@H](O)[C@@H](C)[C@H](C)[C@H](C)[C@@H](C)/C=C/O[C@@]2(C)Oc3c(C)c(O)c4c(c3C2=O)C2=NC3(CCN(CC(C)C)CC3)NC2=C(NC(=O)/C(C)=C\C=C\[C@@H]1C)C4=O. The first-order chi connectivity index (χ1) is 38.2. The number of nitrogens with one attached hydrogen (secondary N) is 2. The number of fused-ring (bicyclic) bond motifs is 13. The molecule has 9 atom stereocenters. The Labute approximate surface area is 481 Å². The molecule has 1 aliphatic carbocycles. The predicted octanol–water partition coefficient (Wildman–Crippen LogP) is 6.99. The topological polar surface area (TPSA) is 321 Å². The van der Waals surface area contributed by atoms with E-state index in [1.165, 1.54) is 19.3 Å². The van der Waals surface area contributed by atoms with Crippen molar-refractivity contribution in [1.29, 1.82) is 0 Å². The van der Waals surface area contributed by atoms with Gasteiger partial charge in [0.25, 0.3) is 11.7 Å². The molecule has 0 saturated carbocycles. The van der Waals surface area contributed by atoms with Crippen molar-refractivity contribution in [2.45, 2.75) is 157 Å². The van der Waals surface area contributed by atoms with Crippen LogP contribution >= 0.6 is 15.2 Å². The first-order valence-electron chi connectivity index (χ1n) is 28.7. The number of amides is 1. The van der Waals surface area contributed by atoms with Gasteiger partial charge in [-0.25, -0.2) is 0 Å². The lowest BCUT2D eigenvalue weighted by Crippen LogP contribution is -2.50. The molecule has 0 unspecified atom stereocenters. The first-order valence-corrected chi connectivity index (χ1v) is 32.0. The fourth-order valence-corrected chi connectivity index (χ4v) is 14.2. The number of aliphatic hydroxyl groups excluding tert-OH is 1. The smallest absolute Gasteiger partial charge is 0.340 e. The maximum Gasteiger partial charge on any atom is 0.340 e. The number of ketones is 2. The zero-order valence-electron chi connectivity index (χ0n) is 49.5. The number of allylic oxidation sites excluding steroid dienone is 5. The van der Waals surface area contributed by atoms with Crippen LogP contribution in [0.1, 0.15) is 153 Å². The van der Waals surface area contributed by atoms with Gasteiger partial charge in [0.05, 0.1) is 41.4 Å². The number of aliphatic imine (C=N–C) groups is 1. The zero-order chi connectivity index (χ0) is 61.0. The van der Waals surface area contributed by atoms with Crippen LogP contribution < -0.4 is 15.4 Å². The highest BCUT2D eigenvalue weighted by Crippen LogP contribution is 2.61. The molecule has 24 heteroatoms. The molecule has 0 radical (unpaired) electrons. The Morgan fingerprint density at radius 1 is 0.878 bits per heavy atom. The summed E-state index contributed by atoms with van der Waals surface area (Å²) in [5.41, 5.74) is -0.441. The zero-order valence-corrected chi connectivity index (χ0v) is 51.3. The van der Waals surface area contributed by atoms with E-state index in [4.69, 9.17) is 23.9 Å². The van der Waals surface area contributed by atoms with Crippen LogP contribution in [0.5, 0.6) is 11.5 Å². The highest BCUT2D eigenvalue weighted by atomic mass is 31.2. The van der Waals surface area contributed by atoms with Crippen LogP contribution in [0.4, 0.5) is 0 Å². The van der Waals surface area contributed by atoms with Gasteiger partial charge < -0.3 is 64.3 Å². The Hall–Kier alpha value is -5.02.